The molecule has 0 spiro atoms. The van der Waals surface area contributed by atoms with E-state index in [1.165, 1.54) is 15.6 Å². The minimum Gasteiger partial charge on any atom is -0.376 e. The predicted molar refractivity (Wildman–Crippen MR) is 120 cm³/mol. The third kappa shape index (κ3) is 4.90. The second kappa shape index (κ2) is 9.58. The van der Waals surface area contributed by atoms with Gasteiger partial charge in [0.25, 0.3) is 0 Å². The molecule has 4 rings (SSSR count). The van der Waals surface area contributed by atoms with Crippen molar-refractivity contribution in [2.75, 3.05) is 26.2 Å². The highest BCUT2D eigenvalue weighted by atomic mass is 32.2. The maximum atomic E-state index is 13.3. The van der Waals surface area contributed by atoms with Crippen molar-refractivity contribution in [3.8, 4) is 10.7 Å². The molecule has 2 saturated heterocycles. The van der Waals surface area contributed by atoms with Gasteiger partial charge in [0.2, 0.25) is 27.6 Å². The van der Waals surface area contributed by atoms with Crippen LogP contribution < -0.4 is 5.32 Å². The highest BCUT2D eigenvalue weighted by Crippen LogP contribution is 2.35. The van der Waals surface area contributed by atoms with Crippen LogP contribution in [0.2, 0.25) is 0 Å². The van der Waals surface area contributed by atoms with Crippen molar-refractivity contribution in [3.63, 3.8) is 0 Å². The van der Waals surface area contributed by atoms with Crippen LogP contribution in [0.5, 0.6) is 0 Å². The highest BCUT2D eigenvalue weighted by molar-refractivity contribution is 7.89. The summed E-state index contributed by atoms with van der Waals surface area (Å²) in [7, 11) is -3.66. The highest BCUT2D eigenvalue weighted by Gasteiger charge is 2.34. The van der Waals surface area contributed by atoms with Crippen LogP contribution in [-0.4, -0.2) is 61.1 Å². The van der Waals surface area contributed by atoms with Crippen molar-refractivity contribution in [1.29, 1.82) is 0 Å². The molecule has 32 heavy (non-hydrogen) atoms. The Balaban J connectivity index is 1.39. The van der Waals surface area contributed by atoms with E-state index in [1.54, 1.807) is 13.0 Å². The number of carbonyl (C=O) groups is 1. The minimum atomic E-state index is -3.66. The van der Waals surface area contributed by atoms with Gasteiger partial charge in [0, 0.05) is 43.0 Å². The number of thiophene rings is 1. The van der Waals surface area contributed by atoms with Crippen LogP contribution in [0.3, 0.4) is 0 Å². The SMILES string of the molecule is Cc1sc(-c2noc(C(C)C)n2)cc1S(=O)(=O)N1CCC(C(=O)NCC2CCCO2)CC1. The molecule has 2 aromatic heterocycles. The number of nitrogens with one attached hydrogen (secondary N) is 1. The van der Waals surface area contributed by atoms with Gasteiger partial charge in [-0.25, -0.2) is 8.42 Å². The zero-order valence-corrected chi connectivity index (χ0v) is 20.3. The lowest BCUT2D eigenvalue weighted by molar-refractivity contribution is -0.126. The third-order valence-electron chi connectivity index (χ3n) is 6.00. The van der Waals surface area contributed by atoms with Crippen molar-refractivity contribution in [2.45, 2.75) is 63.4 Å². The number of amides is 1. The van der Waals surface area contributed by atoms with Crippen LogP contribution in [0, 0.1) is 12.8 Å². The van der Waals surface area contributed by atoms with E-state index in [0.717, 1.165) is 19.4 Å². The standard InChI is InChI=1S/C21H30N4O5S2/c1-13(2)21-23-19(24-30-21)17-11-18(14(3)31-17)32(27,28)25-8-6-15(7-9-25)20(26)22-12-16-5-4-10-29-16/h11,13,15-16H,4-10,12H2,1-3H3,(H,22,26). The summed E-state index contributed by atoms with van der Waals surface area (Å²) < 4.78 is 38.9. The van der Waals surface area contributed by atoms with Gasteiger partial charge in [0.15, 0.2) is 0 Å². The summed E-state index contributed by atoms with van der Waals surface area (Å²) in [5, 5.41) is 6.96. The quantitative estimate of drug-likeness (QED) is 0.645. The molecular weight excluding hydrogens is 452 g/mol. The Labute approximate surface area is 192 Å². The average molecular weight is 483 g/mol. The first kappa shape index (κ1) is 23.3. The van der Waals surface area contributed by atoms with Crippen LogP contribution in [0.1, 0.15) is 56.2 Å². The Morgan fingerprint density at radius 2 is 2.06 bits per heavy atom. The molecule has 1 atom stereocenters. The van der Waals surface area contributed by atoms with Crippen LogP contribution in [-0.2, 0) is 19.6 Å². The maximum absolute atomic E-state index is 13.3. The molecule has 2 aliphatic heterocycles. The zero-order chi connectivity index (χ0) is 22.9. The molecule has 11 heteroatoms. The van der Waals surface area contributed by atoms with E-state index in [1.807, 2.05) is 13.8 Å². The number of aryl methyl sites for hydroxylation is 1. The summed E-state index contributed by atoms with van der Waals surface area (Å²) in [4.78, 5) is 18.5. The first-order chi connectivity index (χ1) is 15.3. The fraction of sp³-hybridized carbons (Fsp3) is 0.667. The van der Waals surface area contributed by atoms with E-state index >= 15 is 0 Å². The zero-order valence-electron chi connectivity index (χ0n) is 18.7. The van der Waals surface area contributed by atoms with E-state index in [-0.39, 0.29) is 28.7 Å². The van der Waals surface area contributed by atoms with Crippen molar-refractivity contribution in [3.05, 3.63) is 16.8 Å². The Bertz CT molecular complexity index is 1050. The molecular formula is C21H30N4O5S2. The number of rotatable bonds is 7. The normalized spacial score (nSPS) is 20.8. The van der Waals surface area contributed by atoms with Crippen LogP contribution >= 0.6 is 11.3 Å². The number of hydrogen-bond donors (Lipinski definition) is 1. The van der Waals surface area contributed by atoms with E-state index in [4.69, 9.17) is 9.26 Å². The molecule has 1 unspecified atom stereocenters. The van der Waals surface area contributed by atoms with Crippen LogP contribution in [0.4, 0.5) is 0 Å². The molecule has 4 heterocycles. The maximum Gasteiger partial charge on any atom is 0.244 e. The summed E-state index contributed by atoms with van der Waals surface area (Å²) in [5.74, 6) is 0.852. The van der Waals surface area contributed by atoms with Gasteiger partial charge in [-0.1, -0.05) is 19.0 Å². The van der Waals surface area contributed by atoms with Gasteiger partial charge in [-0.15, -0.1) is 11.3 Å². The summed E-state index contributed by atoms with van der Waals surface area (Å²) in [5.41, 5.74) is 0. The lowest BCUT2D eigenvalue weighted by Gasteiger charge is -2.30. The fourth-order valence-corrected chi connectivity index (χ4v) is 7.02. The third-order valence-corrected chi connectivity index (χ3v) is 9.20. The van der Waals surface area contributed by atoms with Gasteiger partial charge < -0.3 is 14.6 Å². The van der Waals surface area contributed by atoms with Crippen LogP contribution in [0.15, 0.2) is 15.5 Å². The number of nitrogens with zero attached hydrogens (tertiary/aromatic N) is 3. The summed E-state index contributed by atoms with van der Waals surface area (Å²) >= 11 is 1.34. The molecule has 0 saturated carbocycles. The Morgan fingerprint density at radius 1 is 1.31 bits per heavy atom. The first-order valence-corrected chi connectivity index (χ1v) is 13.3. The van der Waals surface area contributed by atoms with Crippen molar-refractivity contribution in [1.82, 2.24) is 19.8 Å². The molecule has 0 aromatic carbocycles. The number of sulfonamides is 1. The number of carbonyl (C=O) groups excluding carboxylic acids is 1. The number of hydrogen-bond acceptors (Lipinski definition) is 8. The first-order valence-electron chi connectivity index (χ1n) is 11.1. The fourth-order valence-electron chi connectivity index (χ4n) is 4.06. The average Bonchev–Trinajstić information content (AvgIpc) is 3.52. The Hall–Kier alpha value is -1.82. The van der Waals surface area contributed by atoms with Crippen molar-refractivity contribution < 1.29 is 22.5 Å². The van der Waals surface area contributed by atoms with Gasteiger partial charge >= 0.3 is 0 Å². The lowest BCUT2D eigenvalue weighted by atomic mass is 9.97. The van der Waals surface area contributed by atoms with Gasteiger partial charge in [-0.2, -0.15) is 9.29 Å². The topological polar surface area (TPSA) is 115 Å². The summed E-state index contributed by atoms with van der Waals surface area (Å²) in [6.07, 6.45) is 3.13. The molecule has 2 fully saturated rings. The van der Waals surface area contributed by atoms with E-state index in [2.05, 4.69) is 15.5 Å². The molecule has 1 amide bonds. The Morgan fingerprint density at radius 3 is 2.69 bits per heavy atom. The molecule has 2 aliphatic rings. The molecule has 0 radical (unpaired) electrons. The van der Waals surface area contributed by atoms with Gasteiger partial charge in [0.05, 0.1) is 15.9 Å². The van der Waals surface area contributed by atoms with Crippen molar-refractivity contribution in [2.24, 2.45) is 5.92 Å². The molecule has 176 valence electrons. The number of piperidine rings is 1. The molecule has 0 bridgehead atoms. The second-order valence-electron chi connectivity index (χ2n) is 8.70. The predicted octanol–water partition coefficient (Wildman–Crippen LogP) is 2.93. The monoisotopic (exact) mass is 482 g/mol. The van der Waals surface area contributed by atoms with E-state index in [0.29, 0.717) is 53.9 Å². The van der Waals surface area contributed by atoms with E-state index in [9.17, 15) is 13.2 Å². The second-order valence-corrected chi connectivity index (χ2v) is 11.9. The Kier molecular flexibility index (Phi) is 6.99. The summed E-state index contributed by atoms with van der Waals surface area (Å²) in [6.45, 7) is 7.64. The molecule has 1 N–H and O–H groups in total. The molecule has 9 nitrogen and oxygen atoms in total. The minimum absolute atomic E-state index is 0.00962. The van der Waals surface area contributed by atoms with Gasteiger partial charge in [-0.3, -0.25) is 4.79 Å². The van der Waals surface area contributed by atoms with Crippen molar-refractivity contribution >= 4 is 27.3 Å². The van der Waals surface area contributed by atoms with Gasteiger partial charge in [0.1, 0.15) is 0 Å². The molecule has 2 aromatic rings. The largest absolute Gasteiger partial charge is 0.376 e. The van der Waals surface area contributed by atoms with E-state index < -0.39 is 10.0 Å². The summed E-state index contributed by atoms with van der Waals surface area (Å²) in [6, 6.07) is 1.63. The lowest BCUT2D eigenvalue weighted by Crippen LogP contribution is -2.44. The van der Waals surface area contributed by atoms with Gasteiger partial charge in [-0.05, 0) is 38.7 Å². The number of ether oxygens (including phenoxy) is 1. The molecule has 0 aliphatic carbocycles. The number of aromatic nitrogens is 2. The smallest absolute Gasteiger partial charge is 0.244 e. The van der Waals surface area contributed by atoms with Crippen LogP contribution in [0.25, 0.3) is 10.7 Å².